The number of rotatable bonds is 3. The van der Waals surface area contributed by atoms with Gasteiger partial charge in [0.2, 0.25) is 5.72 Å². The third kappa shape index (κ3) is 2.06. The molecule has 0 aliphatic carbocycles. The summed E-state index contributed by atoms with van der Waals surface area (Å²) in [5.41, 5.74) is -1.21. The van der Waals surface area contributed by atoms with Crippen LogP contribution < -0.4 is 5.32 Å². The molecule has 1 aromatic rings. The number of carbonyl (C=O) groups excluding carboxylic acids is 1. The number of aliphatic hydroxyl groups excluding tert-OH is 1. The van der Waals surface area contributed by atoms with E-state index in [0.29, 0.717) is 18.1 Å². The fourth-order valence-corrected chi connectivity index (χ4v) is 2.23. The van der Waals surface area contributed by atoms with E-state index >= 15 is 0 Å². The number of urea groups is 1. The average Bonchev–Trinajstić information content (AvgIpc) is 2.90. The third-order valence-corrected chi connectivity index (χ3v) is 3.41. The number of carbonyl (C=O) groups is 1. The monoisotopic (exact) mass is 283 g/mol. The van der Waals surface area contributed by atoms with Gasteiger partial charge in [0, 0.05) is 25.1 Å². The second kappa shape index (κ2) is 4.75. The summed E-state index contributed by atoms with van der Waals surface area (Å²) < 4.78 is 11.0. The molecule has 2 N–H and O–H groups in total. The number of aliphatic hydroxyl groups is 1. The smallest absolute Gasteiger partial charge is 0.322 e. The number of ether oxygens (including phenoxy) is 1. The lowest BCUT2D eigenvalue weighted by Gasteiger charge is -2.34. The van der Waals surface area contributed by atoms with Gasteiger partial charge >= 0.3 is 6.03 Å². The molecule has 112 valence electrons. The van der Waals surface area contributed by atoms with Gasteiger partial charge in [-0.2, -0.15) is 0 Å². The molecule has 1 aliphatic rings. The molecule has 0 spiro atoms. The van der Waals surface area contributed by atoms with Gasteiger partial charge in [-0.3, -0.25) is 4.90 Å². The van der Waals surface area contributed by atoms with E-state index in [1.165, 1.54) is 4.90 Å². The van der Waals surface area contributed by atoms with E-state index in [-0.39, 0.29) is 5.41 Å². The molecular formula is C13H21N3O4. The van der Waals surface area contributed by atoms with Gasteiger partial charge in [-0.05, 0) is 6.92 Å². The lowest BCUT2D eigenvalue weighted by molar-refractivity contribution is -0.180. The quantitative estimate of drug-likeness (QED) is 0.868. The van der Waals surface area contributed by atoms with E-state index in [4.69, 9.17) is 9.26 Å². The highest BCUT2D eigenvalue weighted by atomic mass is 16.5. The summed E-state index contributed by atoms with van der Waals surface area (Å²) in [6, 6.07) is 1.29. The first kappa shape index (κ1) is 14.8. The number of nitrogens with zero attached hydrogens (tertiary/aromatic N) is 2. The van der Waals surface area contributed by atoms with Gasteiger partial charge in [0.05, 0.1) is 0 Å². The molecule has 0 bridgehead atoms. The summed E-state index contributed by atoms with van der Waals surface area (Å²) in [6.45, 7) is 8.07. The summed E-state index contributed by atoms with van der Waals surface area (Å²) in [5.74, 6) is 0.659. The Balaban J connectivity index is 2.49. The van der Waals surface area contributed by atoms with E-state index in [2.05, 4.69) is 10.5 Å². The first-order chi connectivity index (χ1) is 9.23. The Morgan fingerprint density at radius 1 is 1.60 bits per heavy atom. The topological polar surface area (TPSA) is 87.8 Å². The summed E-state index contributed by atoms with van der Waals surface area (Å²) in [4.78, 5) is 13.1. The molecule has 1 fully saturated rings. The predicted octanol–water partition coefficient (Wildman–Crippen LogP) is 1.13. The van der Waals surface area contributed by atoms with E-state index in [1.54, 1.807) is 20.0 Å². The molecule has 7 heteroatoms. The van der Waals surface area contributed by atoms with Crippen LogP contribution in [0.4, 0.5) is 4.79 Å². The molecule has 2 atom stereocenters. The Morgan fingerprint density at radius 2 is 2.25 bits per heavy atom. The SMILES string of the molecule is CCO[C@]1(c2cc(C(C)(C)C)on2)C(O)NC(=O)N1C. The maximum atomic E-state index is 11.8. The Labute approximate surface area is 117 Å². The van der Waals surface area contributed by atoms with Gasteiger partial charge in [-0.15, -0.1) is 0 Å². The molecule has 0 radical (unpaired) electrons. The van der Waals surface area contributed by atoms with Crippen molar-refractivity contribution in [3.05, 3.63) is 17.5 Å². The van der Waals surface area contributed by atoms with Crippen LogP contribution in [0.15, 0.2) is 10.6 Å². The van der Waals surface area contributed by atoms with Crippen molar-refractivity contribution in [1.82, 2.24) is 15.4 Å². The molecule has 0 saturated carbocycles. The Morgan fingerprint density at radius 3 is 2.65 bits per heavy atom. The minimum atomic E-state index is -1.36. The molecule has 20 heavy (non-hydrogen) atoms. The van der Waals surface area contributed by atoms with Crippen LogP contribution in [0.25, 0.3) is 0 Å². The lowest BCUT2D eigenvalue weighted by Crippen LogP contribution is -2.50. The molecule has 1 saturated heterocycles. The first-order valence-corrected chi connectivity index (χ1v) is 6.57. The lowest BCUT2D eigenvalue weighted by atomic mass is 9.92. The summed E-state index contributed by atoms with van der Waals surface area (Å²) >= 11 is 0. The second-order valence-corrected chi connectivity index (χ2v) is 5.87. The average molecular weight is 283 g/mol. The Bertz CT molecular complexity index is 508. The van der Waals surface area contributed by atoms with Crippen LogP contribution in [0.2, 0.25) is 0 Å². The molecule has 2 amide bonds. The Kier molecular flexibility index (Phi) is 3.51. The minimum absolute atomic E-state index is 0.224. The van der Waals surface area contributed by atoms with Crippen LogP contribution in [-0.4, -0.2) is 41.1 Å². The molecule has 7 nitrogen and oxygen atoms in total. The van der Waals surface area contributed by atoms with Crippen molar-refractivity contribution in [1.29, 1.82) is 0 Å². The van der Waals surface area contributed by atoms with Crippen LogP contribution in [-0.2, 0) is 15.9 Å². The van der Waals surface area contributed by atoms with Gasteiger partial charge in [-0.25, -0.2) is 4.79 Å². The highest BCUT2D eigenvalue weighted by Crippen LogP contribution is 2.37. The van der Waals surface area contributed by atoms with Crippen molar-refractivity contribution in [3.8, 4) is 0 Å². The van der Waals surface area contributed by atoms with E-state index in [9.17, 15) is 9.90 Å². The van der Waals surface area contributed by atoms with Crippen molar-refractivity contribution < 1.29 is 19.2 Å². The zero-order valence-electron chi connectivity index (χ0n) is 12.4. The molecule has 1 aromatic heterocycles. The summed E-state index contributed by atoms with van der Waals surface area (Å²) in [6.07, 6.45) is -1.21. The third-order valence-electron chi connectivity index (χ3n) is 3.41. The van der Waals surface area contributed by atoms with Crippen LogP contribution in [0.1, 0.15) is 39.1 Å². The first-order valence-electron chi connectivity index (χ1n) is 6.57. The number of nitrogens with one attached hydrogen (secondary N) is 1. The van der Waals surface area contributed by atoms with Gasteiger partial charge in [0.25, 0.3) is 0 Å². The number of amides is 2. The normalized spacial score (nSPS) is 27.0. The van der Waals surface area contributed by atoms with Crippen molar-refractivity contribution in [2.24, 2.45) is 0 Å². The highest BCUT2D eigenvalue weighted by molar-refractivity contribution is 5.78. The highest BCUT2D eigenvalue weighted by Gasteiger charge is 2.55. The van der Waals surface area contributed by atoms with Crippen molar-refractivity contribution in [3.63, 3.8) is 0 Å². The van der Waals surface area contributed by atoms with Crippen LogP contribution in [0.5, 0.6) is 0 Å². The zero-order chi connectivity index (χ0) is 15.1. The molecule has 2 rings (SSSR count). The van der Waals surface area contributed by atoms with Crippen LogP contribution in [0.3, 0.4) is 0 Å². The van der Waals surface area contributed by atoms with Crippen molar-refractivity contribution >= 4 is 6.03 Å². The fraction of sp³-hybridized carbons (Fsp3) is 0.692. The summed E-state index contributed by atoms with van der Waals surface area (Å²) in [7, 11) is 1.55. The second-order valence-electron chi connectivity index (χ2n) is 5.87. The fourth-order valence-electron chi connectivity index (χ4n) is 2.23. The number of aromatic nitrogens is 1. The maximum Gasteiger partial charge on any atom is 0.322 e. The van der Waals surface area contributed by atoms with E-state index < -0.39 is 18.0 Å². The molecule has 0 aromatic carbocycles. The van der Waals surface area contributed by atoms with E-state index in [0.717, 1.165) is 0 Å². The largest absolute Gasteiger partial charge is 0.369 e. The summed E-state index contributed by atoms with van der Waals surface area (Å²) in [5, 5.41) is 16.6. The standard InChI is InChI=1S/C13H21N3O4/c1-6-19-13(10(17)14-11(18)16(13)5)8-7-9(20-15-8)12(2,3)4/h7,10,17H,6H2,1-5H3,(H,14,18)/t10?,13-/m1/s1. The number of likely N-dealkylation sites (N-methyl/N-ethyl adjacent to an activating group) is 1. The minimum Gasteiger partial charge on any atom is -0.369 e. The van der Waals surface area contributed by atoms with Crippen molar-refractivity contribution in [2.75, 3.05) is 13.7 Å². The molecule has 1 aliphatic heterocycles. The molecule has 2 heterocycles. The molecule has 1 unspecified atom stereocenters. The zero-order valence-corrected chi connectivity index (χ0v) is 12.4. The maximum absolute atomic E-state index is 11.8. The van der Waals surface area contributed by atoms with Gasteiger partial charge < -0.3 is 19.7 Å². The van der Waals surface area contributed by atoms with Crippen molar-refractivity contribution in [2.45, 2.75) is 45.1 Å². The number of hydrogen-bond donors (Lipinski definition) is 2. The van der Waals surface area contributed by atoms with Crippen LogP contribution in [0, 0.1) is 0 Å². The Hall–Kier alpha value is -1.60. The predicted molar refractivity (Wildman–Crippen MR) is 70.8 cm³/mol. The van der Waals surface area contributed by atoms with Gasteiger partial charge in [0.15, 0.2) is 6.23 Å². The van der Waals surface area contributed by atoms with Gasteiger partial charge in [0.1, 0.15) is 11.5 Å². The van der Waals surface area contributed by atoms with Gasteiger partial charge in [-0.1, -0.05) is 25.9 Å². The number of hydrogen-bond acceptors (Lipinski definition) is 5. The van der Waals surface area contributed by atoms with E-state index in [1.807, 2.05) is 20.8 Å². The molecular weight excluding hydrogens is 262 g/mol. The van der Waals surface area contributed by atoms with Crippen LogP contribution >= 0.6 is 0 Å².